The number of aryl methyl sites for hydroxylation is 1. The molecule has 0 heterocycles. The Morgan fingerprint density at radius 2 is 2.00 bits per heavy atom. The second kappa shape index (κ2) is 5.76. The first-order valence-electron chi connectivity index (χ1n) is 6.13. The van der Waals surface area contributed by atoms with Gasteiger partial charge in [-0.2, -0.15) is 0 Å². The molecule has 1 saturated carbocycles. The molecule has 0 amide bonds. The molecule has 1 aromatic carbocycles. The van der Waals surface area contributed by atoms with Crippen LogP contribution in [0.4, 0.5) is 4.39 Å². The van der Waals surface area contributed by atoms with Gasteiger partial charge in [0.2, 0.25) is 0 Å². The van der Waals surface area contributed by atoms with E-state index in [1.807, 2.05) is 6.07 Å². The van der Waals surface area contributed by atoms with Crippen LogP contribution in [0.1, 0.15) is 37.7 Å². The van der Waals surface area contributed by atoms with E-state index in [9.17, 15) is 9.18 Å². The van der Waals surface area contributed by atoms with Crippen molar-refractivity contribution in [2.24, 2.45) is 5.92 Å². The molecule has 0 unspecified atom stereocenters. The molecule has 1 nitrogen and oxygen atoms in total. The average molecular weight is 299 g/mol. The van der Waals surface area contributed by atoms with E-state index in [-0.39, 0.29) is 11.7 Å². The van der Waals surface area contributed by atoms with Gasteiger partial charge in [0.1, 0.15) is 11.6 Å². The van der Waals surface area contributed by atoms with E-state index >= 15 is 0 Å². The molecule has 0 bridgehead atoms. The van der Waals surface area contributed by atoms with Crippen molar-refractivity contribution in [2.75, 3.05) is 0 Å². The van der Waals surface area contributed by atoms with Crippen LogP contribution in [-0.2, 0) is 11.2 Å². The van der Waals surface area contributed by atoms with Crippen molar-refractivity contribution >= 4 is 21.7 Å². The predicted octanol–water partition coefficient (Wildman–Crippen LogP) is 4.28. The van der Waals surface area contributed by atoms with Gasteiger partial charge in [0, 0.05) is 16.8 Å². The highest BCUT2D eigenvalue weighted by Gasteiger charge is 2.21. The fourth-order valence-corrected chi connectivity index (χ4v) is 2.99. The Morgan fingerprint density at radius 1 is 1.29 bits per heavy atom. The van der Waals surface area contributed by atoms with Crippen molar-refractivity contribution in [3.05, 3.63) is 34.1 Å². The summed E-state index contributed by atoms with van der Waals surface area (Å²) in [5.41, 5.74) is 0.892. The first-order valence-corrected chi connectivity index (χ1v) is 6.92. The Morgan fingerprint density at radius 3 is 2.65 bits per heavy atom. The van der Waals surface area contributed by atoms with E-state index in [0.717, 1.165) is 22.9 Å². The molecule has 17 heavy (non-hydrogen) atoms. The van der Waals surface area contributed by atoms with Crippen LogP contribution in [0.3, 0.4) is 0 Å². The molecule has 1 aliphatic rings. The van der Waals surface area contributed by atoms with Gasteiger partial charge in [-0.25, -0.2) is 4.39 Å². The third kappa shape index (κ3) is 3.63. The van der Waals surface area contributed by atoms with Crippen LogP contribution in [0.15, 0.2) is 22.7 Å². The number of rotatable bonds is 4. The van der Waals surface area contributed by atoms with Crippen LogP contribution >= 0.6 is 15.9 Å². The summed E-state index contributed by atoms with van der Waals surface area (Å²) in [6.45, 7) is 0. The van der Waals surface area contributed by atoms with Crippen molar-refractivity contribution in [2.45, 2.75) is 38.5 Å². The lowest BCUT2D eigenvalue weighted by Crippen LogP contribution is -2.11. The van der Waals surface area contributed by atoms with E-state index in [0.29, 0.717) is 18.6 Å². The van der Waals surface area contributed by atoms with Crippen molar-refractivity contribution in [1.29, 1.82) is 0 Å². The molecule has 1 aliphatic carbocycles. The normalized spacial score (nSPS) is 16.4. The summed E-state index contributed by atoms with van der Waals surface area (Å²) in [5.74, 6) is 0.373. The SMILES string of the molecule is O=C(CCc1cc(F)cc(Br)c1)C1CCCC1. The molecule has 2 rings (SSSR count). The zero-order chi connectivity index (χ0) is 12.3. The molecule has 3 heteroatoms. The fourth-order valence-electron chi connectivity index (χ4n) is 2.47. The molecular weight excluding hydrogens is 283 g/mol. The van der Waals surface area contributed by atoms with E-state index < -0.39 is 0 Å². The molecule has 1 aromatic rings. The van der Waals surface area contributed by atoms with Crippen molar-refractivity contribution in [3.63, 3.8) is 0 Å². The summed E-state index contributed by atoms with van der Waals surface area (Å²) in [6.07, 6.45) is 5.65. The maximum atomic E-state index is 13.1. The van der Waals surface area contributed by atoms with Crippen LogP contribution in [0, 0.1) is 11.7 Å². The zero-order valence-corrected chi connectivity index (χ0v) is 11.3. The van der Waals surface area contributed by atoms with Gasteiger partial charge in [-0.1, -0.05) is 28.8 Å². The van der Waals surface area contributed by atoms with Crippen molar-refractivity contribution < 1.29 is 9.18 Å². The highest BCUT2D eigenvalue weighted by Crippen LogP contribution is 2.27. The number of benzene rings is 1. The molecule has 92 valence electrons. The molecular formula is C14H16BrFO. The Kier molecular flexibility index (Phi) is 4.32. The summed E-state index contributed by atoms with van der Waals surface area (Å²) in [7, 11) is 0. The lowest BCUT2D eigenvalue weighted by molar-refractivity contribution is -0.122. The lowest BCUT2D eigenvalue weighted by Gasteiger charge is -2.08. The van der Waals surface area contributed by atoms with Crippen molar-refractivity contribution in [3.8, 4) is 0 Å². The molecule has 0 aromatic heterocycles. The molecule has 0 aliphatic heterocycles. The minimum absolute atomic E-state index is 0.248. The predicted molar refractivity (Wildman–Crippen MR) is 69.4 cm³/mol. The molecule has 0 N–H and O–H groups in total. The Hall–Kier alpha value is -0.700. The monoisotopic (exact) mass is 298 g/mol. The molecule has 0 atom stereocenters. The van der Waals surface area contributed by atoms with Gasteiger partial charge in [0.05, 0.1) is 0 Å². The van der Waals surface area contributed by atoms with Gasteiger partial charge in [-0.3, -0.25) is 4.79 Å². The van der Waals surface area contributed by atoms with Gasteiger partial charge in [0.25, 0.3) is 0 Å². The van der Waals surface area contributed by atoms with E-state index in [4.69, 9.17) is 0 Å². The summed E-state index contributed by atoms with van der Waals surface area (Å²) in [6, 6.07) is 4.82. The van der Waals surface area contributed by atoms with E-state index in [1.54, 1.807) is 0 Å². The summed E-state index contributed by atoms with van der Waals surface area (Å²) in [5, 5.41) is 0. The maximum Gasteiger partial charge on any atom is 0.136 e. The fraction of sp³-hybridized carbons (Fsp3) is 0.500. The number of halogens is 2. The number of Topliss-reactive ketones (excluding diaryl/α,β-unsaturated/α-hetero) is 1. The summed E-state index contributed by atoms with van der Waals surface area (Å²) >= 11 is 3.26. The Balaban J connectivity index is 1.90. The number of ketones is 1. The minimum Gasteiger partial charge on any atom is -0.299 e. The standard InChI is InChI=1S/C14H16BrFO/c15-12-7-10(8-13(16)9-12)5-6-14(17)11-3-1-2-4-11/h7-9,11H,1-6H2. The summed E-state index contributed by atoms with van der Waals surface area (Å²) in [4.78, 5) is 11.9. The second-order valence-electron chi connectivity index (χ2n) is 4.73. The topological polar surface area (TPSA) is 17.1 Å². The van der Waals surface area contributed by atoms with Crippen LogP contribution in [0.25, 0.3) is 0 Å². The number of hydrogen-bond donors (Lipinski definition) is 0. The molecule has 0 radical (unpaired) electrons. The highest BCUT2D eigenvalue weighted by atomic mass is 79.9. The summed E-state index contributed by atoms with van der Waals surface area (Å²) < 4.78 is 13.9. The quantitative estimate of drug-likeness (QED) is 0.811. The smallest absolute Gasteiger partial charge is 0.136 e. The molecule has 0 saturated heterocycles. The average Bonchev–Trinajstić information content (AvgIpc) is 2.78. The lowest BCUT2D eigenvalue weighted by atomic mass is 9.97. The second-order valence-corrected chi connectivity index (χ2v) is 5.64. The van der Waals surface area contributed by atoms with Gasteiger partial charge in [-0.05, 0) is 43.0 Å². The minimum atomic E-state index is -0.248. The Bertz CT molecular complexity index is 390. The van der Waals surface area contributed by atoms with Gasteiger partial charge >= 0.3 is 0 Å². The third-order valence-electron chi connectivity index (χ3n) is 3.39. The third-order valence-corrected chi connectivity index (χ3v) is 3.85. The van der Waals surface area contributed by atoms with Crippen LogP contribution in [0.2, 0.25) is 0 Å². The van der Waals surface area contributed by atoms with Gasteiger partial charge in [0.15, 0.2) is 0 Å². The van der Waals surface area contributed by atoms with Crippen molar-refractivity contribution in [1.82, 2.24) is 0 Å². The maximum absolute atomic E-state index is 13.1. The number of carbonyl (C=O) groups is 1. The van der Waals surface area contributed by atoms with Gasteiger partial charge in [-0.15, -0.1) is 0 Å². The Labute approximate surface area is 110 Å². The number of hydrogen-bond acceptors (Lipinski definition) is 1. The van der Waals surface area contributed by atoms with E-state index in [2.05, 4.69) is 15.9 Å². The zero-order valence-electron chi connectivity index (χ0n) is 9.72. The number of carbonyl (C=O) groups excluding carboxylic acids is 1. The molecule has 0 spiro atoms. The first kappa shape index (κ1) is 12.7. The molecule has 1 fully saturated rings. The van der Waals surface area contributed by atoms with Crippen LogP contribution in [-0.4, -0.2) is 5.78 Å². The van der Waals surface area contributed by atoms with Gasteiger partial charge < -0.3 is 0 Å². The van der Waals surface area contributed by atoms with Crippen LogP contribution in [0.5, 0.6) is 0 Å². The first-order chi connectivity index (χ1) is 8.15. The largest absolute Gasteiger partial charge is 0.299 e. The highest BCUT2D eigenvalue weighted by molar-refractivity contribution is 9.10. The van der Waals surface area contributed by atoms with Crippen LogP contribution < -0.4 is 0 Å². The van der Waals surface area contributed by atoms with E-state index in [1.165, 1.54) is 25.0 Å².